The van der Waals surface area contributed by atoms with Crippen molar-refractivity contribution >= 4 is 11.4 Å². The predicted octanol–water partition coefficient (Wildman–Crippen LogP) is 3.50. The lowest BCUT2D eigenvalue weighted by molar-refractivity contribution is -0.384. The number of anilines is 1. The van der Waals surface area contributed by atoms with Crippen molar-refractivity contribution in [2.24, 2.45) is 5.41 Å². The Bertz CT molecular complexity index is 467. The summed E-state index contributed by atoms with van der Waals surface area (Å²) in [5.74, 6) is 0. The fourth-order valence-electron chi connectivity index (χ4n) is 2.41. The molecule has 5 nitrogen and oxygen atoms in total. The van der Waals surface area contributed by atoms with Crippen LogP contribution < -0.4 is 5.32 Å². The first-order chi connectivity index (χ1) is 9.24. The van der Waals surface area contributed by atoms with Gasteiger partial charge >= 0.3 is 0 Å². The third kappa shape index (κ3) is 4.81. The maximum atomic E-state index is 11.1. The molecule has 20 heavy (non-hydrogen) atoms. The highest BCUT2D eigenvalue weighted by molar-refractivity contribution is 5.66. The van der Waals surface area contributed by atoms with Crippen LogP contribution in [0.3, 0.4) is 0 Å². The molecule has 0 aromatic heterocycles. The molecule has 0 aliphatic rings. The lowest BCUT2D eigenvalue weighted by Gasteiger charge is -2.27. The lowest BCUT2D eigenvalue weighted by atomic mass is 9.96. The highest BCUT2D eigenvalue weighted by atomic mass is 16.6. The quantitative estimate of drug-likeness (QED) is 0.639. The van der Waals surface area contributed by atoms with E-state index in [9.17, 15) is 10.1 Å². The number of rotatable bonds is 6. The number of para-hydroxylation sites is 1. The molecule has 0 heterocycles. The molecule has 0 saturated heterocycles. The van der Waals surface area contributed by atoms with E-state index in [1.54, 1.807) is 12.1 Å². The molecule has 0 aliphatic carbocycles. The van der Waals surface area contributed by atoms with Crippen LogP contribution in [-0.2, 0) is 6.54 Å². The van der Waals surface area contributed by atoms with Gasteiger partial charge in [-0.05, 0) is 24.9 Å². The van der Waals surface area contributed by atoms with Crippen molar-refractivity contribution in [3.8, 4) is 0 Å². The molecular weight excluding hydrogens is 254 g/mol. The second-order valence-electron chi connectivity index (χ2n) is 6.33. The molecule has 1 N–H and O–H groups in total. The number of hydrogen-bond donors (Lipinski definition) is 1. The Hall–Kier alpha value is -1.62. The number of hydrogen-bond acceptors (Lipinski definition) is 4. The third-order valence-corrected chi connectivity index (χ3v) is 2.86. The van der Waals surface area contributed by atoms with Crippen LogP contribution in [-0.4, -0.2) is 30.0 Å². The fraction of sp³-hybridized carbons (Fsp3) is 0.600. The molecular formula is C15H25N3O2. The summed E-state index contributed by atoms with van der Waals surface area (Å²) >= 11 is 0. The van der Waals surface area contributed by atoms with Gasteiger partial charge in [-0.3, -0.25) is 10.1 Å². The Morgan fingerprint density at radius 2 is 2.00 bits per heavy atom. The van der Waals surface area contributed by atoms with Gasteiger partial charge in [0.15, 0.2) is 0 Å². The van der Waals surface area contributed by atoms with Crippen LogP contribution in [0.15, 0.2) is 18.2 Å². The van der Waals surface area contributed by atoms with E-state index in [0.717, 1.165) is 12.1 Å². The van der Waals surface area contributed by atoms with Crippen molar-refractivity contribution < 1.29 is 4.92 Å². The molecule has 0 amide bonds. The number of benzene rings is 1. The summed E-state index contributed by atoms with van der Waals surface area (Å²) in [6, 6.07) is 5.24. The van der Waals surface area contributed by atoms with E-state index in [1.165, 1.54) is 0 Å². The van der Waals surface area contributed by atoms with Gasteiger partial charge in [-0.1, -0.05) is 32.9 Å². The highest BCUT2D eigenvalue weighted by Crippen LogP contribution is 2.29. The van der Waals surface area contributed by atoms with Crippen LogP contribution in [0.25, 0.3) is 0 Å². The Morgan fingerprint density at radius 3 is 2.50 bits per heavy atom. The van der Waals surface area contributed by atoms with Crippen LogP contribution >= 0.6 is 0 Å². The summed E-state index contributed by atoms with van der Waals surface area (Å²) < 4.78 is 0. The molecule has 1 aromatic carbocycles. The molecule has 0 aliphatic heterocycles. The van der Waals surface area contributed by atoms with Gasteiger partial charge in [0.05, 0.1) is 4.92 Å². The molecule has 0 bridgehead atoms. The first-order valence-corrected chi connectivity index (χ1v) is 6.93. The molecule has 0 saturated carbocycles. The minimum Gasteiger partial charge on any atom is -0.380 e. The second-order valence-corrected chi connectivity index (χ2v) is 6.33. The minimum atomic E-state index is -0.328. The van der Waals surface area contributed by atoms with Crippen molar-refractivity contribution in [1.29, 1.82) is 0 Å². The first kappa shape index (κ1) is 16.4. The number of nitrogens with one attached hydrogen (secondary N) is 1. The van der Waals surface area contributed by atoms with Crippen molar-refractivity contribution in [2.45, 2.75) is 34.2 Å². The average molecular weight is 279 g/mol. The number of nitro benzene ring substituents is 1. The van der Waals surface area contributed by atoms with Gasteiger partial charge in [-0.15, -0.1) is 0 Å². The molecule has 5 heteroatoms. The molecule has 0 atom stereocenters. The van der Waals surface area contributed by atoms with E-state index in [0.29, 0.717) is 18.8 Å². The molecule has 0 unspecified atom stereocenters. The average Bonchev–Trinajstić information content (AvgIpc) is 2.28. The van der Waals surface area contributed by atoms with Crippen molar-refractivity contribution in [3.63, 3.8) is 0 Å². The minimum absolute atomic E-state index is 0.147. The summed E-state index contributed by atoms with van der Waals surface area (Å²) in [5.41, 5.74) is 1.95. The summed E-state index contributed by atoms with van der Waals surface area (Å²) in [4.78, 5) is 13.0. The zero-order valence-corrected chi connectivity index (χ0v) is 13.1. The Morgan fingerprint density at radius 1 is 1.35 bits per heavy atom. The van der Waals surface area contributed by atoms with Crippen molar-refractivity contribution in [1.82, 2.24) is 4.90 Å². The van der Waals surface area contributed by atoms with E-state index >= 15 is 0 Å². The topological polar surface area (TPSA) is 58.4 Å². The van der Waals surface area contributed by atoms with Crippen LogP contribution in [0.1, 0.15) is 33.3 Å². The zero-order chi connectivity index (χ0) is 15.3. The third-order valence-electron chi connectivity index (χ3n) is 2.86. The SMILES string of the molecule is CCNc1c(CN(C)CC(C)(C)C)cccc1[N+](=O)[O-]. The predicted molar refractivity (Wildman–Crippen MR) is 83.0 cm³/mol. The molecule has 0 fully saturated rings. The summed E-state index contributed by atoms with van der Waals surface area (Å²) in [5, 5.41) is 14.2. The summed E-state index contributed by atoms with van der Waals surface area (Å²) in [6.07, 6.45) is 0. The second kappa shape index (κ2) is 6.70. The maximum Gasteiger partial charge on any atom is 0.292 e. The van der Waals surface area contributed by atoms with Gasteiger partial charge < -0.3 is 10.2 Å². The van der Waals surface area contributed by atoms with E-state index in [-0.39, 0.29) is 16.0 Å². The van der Waals surface area contributed by atoms with Gasteiger partial charge in [0.25, 0.3) is 5.69 Å². The van der Waals surface area contributed by atoms with E-state index < -0.39 is 0 Å². The van der Waals surface area contributed by atoms with Crippen molar-refractivity contribution in [2.75, 3.05) is 25.5 Å². The lowest BCUT2D eigenvalue weighted by Crippen LogP contribution is -2.29. The molecule has 1 aromatic rings. The van der Waals surface area contributed by atoms with Gasteiger partial charge in [0.2, 0.25) is 0 Å². The Balaban J connectivity index is 2.99. The smallest absolute Gasteiger partial charge is 0.292 e. The molecule has 0 spiro atoms. The standard InChI is InChI=1S/C15H25N3O2/c1-6-16-14-12(8-7-9-13(14)18(19)20)10-17(5)11-15(2,3)4/h7-9,16H,6,10-11H2,1-5H3. The van der Waals surface area contributed by atoms with Crippen LogP contribution in [0, 0.1) is 15.5 Å². The van der Waals surface area contributed by atoms with Gasteiger partial charge in [0.1, 0.15) is 5.69 Å². The van der Waals surface area contributed by atoms with E-state index in [4.69, 9.17) is 0 Å². The van der Waals surface area contributed by atoms with E-state index in [2.05, 4.69) is 31.0 Å². The van der Waals surface area contributed by atoms with Gasteiger partial charge in [-0.25, -0.2) is 0 Å². The van der Waals surface area contributed by atoms with Crippen LogP contribution in [0.4, 0.5) is 11.4 Å². The fourth-order valence-corrected chi connectivity index (χ4v) is 2.41. The zero-order valence-electron chi connectivity index (χ0n) is 13.1. The number of nitrogens with zero attached hydrogens (tertiary/aromatic N) is 2. The van der Waals surface area contributed by atoms with Crippen LogP contribution in [0.5, 0.6) is 0 Å². The monoisotopic (exact) mass is 279 g/mol. The first-order valence-electron chi connectivity index (χ1n) is 6.93. The van der Waals surface area contributed by atoms with E-state index in [1.807, 2.05) is 20.0 Å². The highest BCUT2D eigenvalue weighted by Gasteiger charge is 2.19. The van der Waals surface area contributed by atoms with Gasteiger partial charge in [0, 0.05) is 25.7 Å². The van der Waals surface area contributed by atoms with Crippen LogP contribution in [0.2, 0.25) is 0 Å². The normalized spacial score (nSPS) is 11.7. The van der Waals surface area contributed by atoms with Crippen molar-refractivity contribution in [3.05, 3.63) is 33.9 Å². The Labute approximate surface area is 121 Å². The van der Waals surface area contributed by atoms with Gasteiger partial charge in [-0.2, -0.15) is 0 Å². The molecule has 112 valence electrons. The summed E-state index contributed by atoms with van der Waals surface area (Å²) in [6.45, 7) is 10.8. The Kier molecular flexibility index (Phi) is 5.51. The number of nitro groups is 1. The summed E-state index contributed by atoms with van der Waals surface area (Å²) in [7, 11) is 2.04. The molecule has 1 rings (SSSR count). The largest absolute Gasteiger partial charge is 0.380 e. The molecule has 0 radical (unpaired) electrons. The maximum absolute atomic E-state index is 11.1.